The summed E-state index contributed by atoms with van der Waals surface area (Å²) in [6.45, 7) is 6.54. The van der Waals surface area contributed by atoms with E-state index in [9.17, 15) is 4.39 Å². The van der Waals surface area contributed by atoms with E-state index in [4.69, 9.17) is 15.7 Å². The third-order valence-corrected chi connectivity index (χ3v) is 5.90. The molecule has 2 fully saturated rings. The molecule has 3 atom stereocenters. The molecule has 2 aromatic rings. The standard InChI is InChI=1S/C23H27FN4O/c24-21-5-1-18(2-6-21)10-27-11-19-13-28(14-20(19)12-27)15-22(26)16-29-23-7-3-17(9-25)4-8-23/h1-8,19-20,22H,10-16,26H2/t19?,20?,22-/m1/s1. The number of hydrogen-bond donors (Lipinski definition) is 1. The number of ether oxygens (including phenoxy) is 1. The van der Waals surface area contributed by atoms with Gasteiger partial charge in [-0.1, -0.05) is 12.1 Å². The molecule has 0 aromatic heterocycles. The maximum absolute atomic E-state index is 13.1. The van der Waals surface area contributed by atoms with Crippen LogP contribution in [0.1, 0.15) is 11.1 Å². The van der Waals surface area contributed by atoms with Gasteiger partial charge in [0.05, 0.1) is 17.7 Å². The van der Waals surface area contributed by atoms with Crippen LogP contribution in [0.4, 0.5) is 4.39 Å². The van der Waals surface area contributed by atoms with Gasteiger partial charge in [-0.3, -0.25) is 4.90 Å². The smallest absolute Gasteiger partial charge is 0.123 e. The van der Waals surface area contributed by atoms with Crippen LogP contribution in [-0.2, 0) is 6.54 Å². The zero-order valence-corrected chi connectivity index (χ0v) is 16.5. The summed E-state index contributed by atoms with van der Waals surface area (Å²) in [5.74, 6) is 1.93. The molecule has 0 bridgehead atoms. The van der Waals surface area contributed by atoms with Crippen molar-refractivity contribution in [1.82, 2.24) is 9.80 Å². The number of nitrogens with two attached hydrogens (primary N) is 1. The number of hydrogen-bond acceptors (Lipinski definition) is 5. The van der Waals surface area contributed by atoms with E-state index < -0.39 is 0 Å². The van der Waals surface area contributed by atoms with E-state index in [1.54, 1.807) is 24.3 Å². The molecule has 0 aliphatic carbocycles. The van der Waals surface area contributed by atoms with Crippen molar-refractivity contribution in [2.24, 2.45) is 17.6 Å². The van der Waals surface area contributed by atoms with Crippen molar-refractivity contribution in [3.05, 3.63) is 65.5 Å². The minimum absolute atomic E-state index is 0.0419. The maximum Gasteiger partial charge on any atom is 0.123 e. The van der Waals surface area contributed by atoms with Crippen molar-refractivity contribution < 1.29 is 9.13 Å². The molecule has 0 spiro atoms. The normalized spacial score (nSPS) is 22.9. The van der Waals surface area contributed by atoms with Crippen molar-refractivity contribution >= 4 is 0 Å². The molecule has 2 aliphatic heterocycles. The first-order valence-corrected chi connectivity index (χ1v) is 10.2. The van der Waals surface area contributed by atoms with Crippen LogP contribution in [0.2, 0.25) is 0 Å². The zero-order valence-electron chi connectivity index (χ0n) is 16.5. The number of nitrogens with zero attached hydrogens (tertiary/aromatic N) is 3. The van der Waals surface area contributed by atoms with Gasteiger partial charge in [-0.2, -0.15) is 5.26 Å². The molecule has 2 aromatic carbocycles. The van der Waals surface area contributed by atoms with Crippen LogP contribution in [0.3, 0.4) is 0 Å². The minimum atomic E-state index is -0.179. The topological polar surface area (TPSA) is 65.5 Å². The Balaban J connectivity index is 1.19. The van der Waals surface area contributed by atoms with Gasteiger partial charge in [0.1, 0.15) is 18.2 Å². The van der Waals surface area contributed by atoms with Gasteiger partial charge in [-0.05, 0) is 53.8 Å². The third kappa shape index (κ3) is 5.13. The molecular weight excluding hydrogens is 367 g/mol. The molecule has 2 heterocycles. The highest BCUT2D eigenvalue weighted by Gasteiger charge is 2.39. The maximum atomic E-state index is 13.1. The quantitative estimate of drug-likeness (QED) is 0.782. The molecule has 29 heavy (non-hydrogen) atoms. The molecule has 0 amide bonds. The Bertz CT molecular complexity index is 835. The SMILES string of the molecule is N#Cc1ccc(OC[C@H](N)CN2CC3CN(Cc4ccc(F)cc4)CC3C2)cc1. The van der Waals surface area contributed by atoms with Crippen LogP contribution in [0.25, 0.3) is 0 Å². The lowest BCUT2D eigenvalue weighted by molar-refractivity contribution is 0.212. The second kappa shape index (κ2) is 8.91. The molecule has 0 saturated carbocycles. The van der Waals surface area contributed by atoms with Crippen LogP contribution in [0.5, 0.6) is 5.75 Å². The number of benzene rings is 2. The lowest BCUT2D eigenvalue weighted by Gasteiger charge is -2.24. The van der Waals surface area contributed by atoms with Crippen molar-refractivity contribution in [3.8, 4) is 11.8 Å². The summed E-state index contributed by atoms with van der Waals surface area (Å²) < 4.78 is 18.8. The number of rotatable bonds is 7. The van der Waals surface area contributed by atoms with Gasteiger partial charge in [0.2, 0.25) is 0 Å². The molecule has 6 heteroatoms. The van der Waals surface area contributed by atoms with Crippen LogP contribution in [-0.4, -0.2) is 55.2 Å². The van der Waals surface area contributed by atoms with E-state index in [0.29, 0.717) is 24.0 Å². The number of nitriles is 1. The Morgan fingerprint density at radius 1 is 1.00 bits per heavy atom. The van der Waals surface area contributed by atoms with E-state index >= 15 is 0 Å². The Hall–Kier alpha value is -2.46. The zero-order chi connectivity index (χ0) is 20.2. The van der Waals surface area contributed by atoms with Gasteiger partial charge < -0.3 is 15.4 Å². The molecular formula is C23H27FN4O. The second-order valence-electron chi connectivity index (χ2n) is 8.27. The fraction of sp³-hybridized carbons (Fsp3) is 0.435. The van der Waals surface area contributed by atoms with Gasteiger partial charge >= 0.3 is 0 Å². The monoisotopic (exact) mass is 394 g/mol. The predicted molar refractivity (Wildman–Crippen MR) is 110 cm³/mol. The molecule has 2 saturated heterocycles. The van der Waals surface area contributed by atoms with Crippen molar-refractivity contribution in [3.63, 3.8) is 0 Å². The molecule has 2 N–H and O–H groups in total. The first-order chi connectivity index (χ1) is 14.1. The van der Waals surface area contributed by atoms with E-state index in [1.165, 1.54) is 17.7 Å². The molecule has 2 aliphatic rings. The van der Waals surface area contributed by atoms with E-state index in [1.807, 2.05) is 12.1 Å². The lowest BCUT2D eigenvalue weighted by atomic mass is 10.0. The van der Waals surface area contributed by atoms with Gasteiger partial charge in [0.25, 0.3) is 0 Å². The molecule has 2 unspecified atom stereocenters. The average Bonchev–Trinajstić information content (AvgIpc) is 3.26. The van der Waals surface area contributed by atoms with Crippen LogP contribution < -0.4 is 10.5 Å². The number of halogens is 1. The highest BCUT2D eigenvalue weighted by molar-refractivity contribution is 5.34. The van der Waals surface area contributed by atoms with Crippen molar-refractivity contribution in [1.29, 1.82) is 5.26 Å². The average molecular weight is 394 g/mol. The Morgan fingerprint density at radius 2 is 1.62 bits per heavy atom. The highest BCUT2D eigenvalue weighted by atomic mass is 19.1. The molecule has 5 nitrogen and oxygen atoms in total. The van der Waals surface area contributed by atoms with Crippen LogP contribution in [0.15, 0.2) is 48.5 Å². The summed E-state index contributed by atoms with van der Waals surface area (Å²) >= 11 is 0. The molecule has 0 radical (unpaired) electrons. The highest BCUT2D eigenvalue weighted by Crippen LogP contribution is 2.31. The van der Waals surface area contributed by atoms with E-state index in [2.05, 4.69) is 15.9 Å². The summed E-state index contributed by atoms with van der Waals surface area (Å²) in [5.41, 5.74) is 8.08. The second-order valence-corrected chi connectivity index (χ2v) is 8.27. The Labute approximate surface area is 171 Å². The summed E-state index contributed by atoms with van der Waals surface area (Å²) in [7, 11) is 0. The summed E-state index contributed by atoms with van der Waals surface area (Å²) in [6, 6.07) is 16.0. The predicted octanol–water partition coefficient (Wildman–Crippen LogP) is 2.47. The van der Waals surface area contributed by atoms with E-state index in [-0.39, 0.29) is 11.9 Å². The van der Waals surface area contributed by atoms with Gasteiger partial charge in [0.15, 0.2) is 0 Å². The summed E-state index contributed by atoms with van der Waals surface area (Å²) in [4.78, 5) is 4.94. The minimum Gasteiger partial charge on any atom is -0.492 e. The van der Waals surface area contributed by atoms with Crippen LogP contribution in [0, 0.1) is 29.0 Å². The first-order valence-electron chi connectivity index (χ1n) is 10.2. The molecule has 4 rings (SSSR count). The Morgan fingerprint density at radius 3 is 2.24 bits per heavy atom. The Kier molecular flexibility index (Phi) is 6.10. The van der Waals surface area contributed by atoms with Crippen molar-refractivity contribution in [2.45, 2.75) is 12.6 Å². The lowest BCUT2D eigenvalue weighted by Crippen LogP contribution is -2.41. The molecule has 152 valence electrons. The summed E-state index contributed by atoms with van der Waals surface area (Å²) in [6.07, 6.45) is 0. The third-order valence-electron chi connectivity index (χ3n) is 5.90. The fourth-order valence-electron chi connectivity index (χ4n) is 4.53. The number of likely N-dealkylation sites (tertiary alicyclic amines) is 2. The van der Waals surface area contributed by atoms with Gasteiger partial charge in [-0.15, -0.1) is 0 Å². The fourth-order valence-corrected chi connectivity index (χ4v) is 4.53. The summed E-state index contributed by atoms with van der Waals surface area (Å²) in [5, 5.41) is 8.84. The van der Waals surface area contributed by atoms with Crippen molar-refractivity contribution in [2.75, 3.05) is 39.3 Å². The van der Waals surface area contributed by atoms with Gasteiger partial charge in [0, 0.05) is 39.3 Å². The largest absolute Gasteiger partial charge is 0.492 e. The van der Waals surface area contributed by atoms with E-state index in [0.717, 1.165) is 45.0 Å². The number of fused-ring (bicyclic) bond motifs is 1. The van der Waals surface area contributed by atoms with Crippen LogP contribution >= 0.6 is 0 Å². The first kappa shape index (κ1) is 19.8. The van der Waals surface area contributed by atoms with Gasteiger partial charge in [-0.25, -0.2) is 4.39 Å².